The number of alkyl halides is 3. The number of halogens is 4. The van der Waals surface area contributed by atoms with Crippen LogP contribution in [0.1, 0.15) is 11.4 Å². The largest absolute Gasteiger partial charge is 0.486 e. The van der Waals surface area contributed by atoms with Crippen molar-refractivity contribution in [2.24, 2.45) is 7.05 Å². The number of nitrogens with zero attached hydrogens (tertiary/aromatic N) is 3. The van der Waals surface area contributed by atoms with E-state index < -0.39 is 17.6 Å². The van der Waals surface area contributed by atoms with E-state index in [2.05, 4.69) is 15.5 Å². The smallest absolute Gasteiger partial charge is 0.418 e. The molecule has 11 heteroatoms. The number of hydrogen-bond acceptors (Lipinski definition) is 5. The minimum absolute atomic E-state index is 0.0703. The summed E-state index contributed by atoms with van der Waals surface area (Å²) < 4.78 is 59.1. The van der Waals surface area contributed by atoms with Gasteiger partial charge in [-0.1, -0.05) is 23.9 Å². The summed E-state index contributed by atoms with van der Waals surface area (Å²) in [5.41, 5.74) is -1.22. The van der Waals surface area contributed by atoms with Crippen molar-refractivity contribution in [1.29, 1.82) is 0 Å². The highest BCUT2D eigenvalue weighted by Gasteiger charge is 2.33. The van der Waals surface area contributed by atoms with Gasteiger partial charge in [0.05, 0.1) is 17.0 Å². The average Bonchev–Trinajstić information content (AvgIpc) is 3.05. The maximum atomic E-state index is 13.0. The molecule has 0 fully saturated rings. The second-order valence-corrected chi connectivity index (χ2v) is 7.02. The molecule has 1 N–H and O–H groups in total. The third kappa shape index (κ3) is 5.50. The van der Waals surface area contributed by atoms with Crippen molar-refractivity contribution in [3.8, 4) is 5.75 Å². The first kappa shape index (κ1) is 21.6. The molecular formula is C19H16F4N4O2S. The van der Waals surface area contributed by atoms with Crippen LogP contribution in [-0.2, 0) is 24.6 Å². The molecule has 0 aliphatic carbocycles. The fourth-order valence-corrected chi connectivity index (χ4v) is 3.16. The molecular weight excluding hydrogens is 424 g/mol. The van der Waals surface area contributed by atoms with Gasteiger partial charge in [0.25, 0.3) is 0 Å². The Morgan fingerprint density at radius 3 is 2.53 bits per heavy atom. The Kier molecular flexibility index (Phi) is 6.60. The Balaban J connectivity index is 1.56. The predicted molar refractivity (Wildman–Crippen MR) is 103 cm³/mol. The molecule has 0 unspecified atom stereocenters. The molecule has 0 bridgehead atoms. The number of carbonyl (C=O) groups is 1. The molecule has 1 heterocycles. The van der Waals surface area contributed by atoms with E-state index in [1.165, 1.54) is 42.5 Å². The summed E-state index contributed by atoms with van der Waals surface area (Å²) in [5.74, 6) is -0.225. The van der Waals surface area contributed by atoms with Gasteiger partial charge in [-0.05, 0) is 36.4 Å². The Morgan fingerprint density at radius 2 is 1.83 bits per heavy atom. The second-order valence-electron chi connectivity index (χ2n) is 6.08. The first-order valence-corrected chi connectivity index (χ1v) is 9.58. The molecule has 3 rings (SSSR count). The van der Waals surface area contributed by atoms with Crippen molar-refractivity contribution in [3.05, 3.63) is 65.7 Å². The summed E-state index contributed by atoms with van der Waals surface area (Å²) in [7, 11) is 1.67. The van der Waals surface area contributed by atoms with Gasteiger partial charge in [-0.3, -0.25) is 4.79 Å². The maximum Gasteiger partial charge on any atom is 0.418 e. The quantitative estimate of drug-likeness (QED) is 0.439. The van der Waals surface area contributed by atoms with E-state index in [1.807, 2.05) is 0 Å². The van der Waals surface area contributed by atoms with Gasteiger partial charge < -0.3 is 14.6 Å². The number of anilines is 1. The second kappa shape index (κ2) is 9.16. The van der Waals surface area contributed by atoms with Crippen LogP contribution < -0.4 is 10.1 Å². The Bertz CT molecular complexity index is 1020. The zero-order valence-corrected chi connectivity index (χ0v) is 16.4. The molecule has 30 heavy (non-hydrogen) atoms. The zero-order valence-electron chi connectivity index (χ0n) is 15.6. The first-order chi connectivity index (χ1) is 14.2. The number of rotatable bonds is 7. The van der Waals surface area contributed by atoms with Crippen LogP contribution in [0.4, 0.5) is 23.2 Å². The molecule has 1 aromatic heterocycles. The van der Waals surface area contributed by atoms with Gasteiger partial charge in [-0.25, -0.2) is 4.39 Å². The van der Waals surface area contributed by atoms with E-state index in [9.17, 15) is 22.4 Å². The lowest BCUT2D eigenvalue weighted by molar-refractivity contribution is -0.137. The summed E-state index contributed by atoms with van der Waals surface area (Å²) in [4.78, 5) is 12.1. The molecule has 0 radical (unpaired) electrons. The number of hydrogen-bond donors (Lipinski definition) is 1. The lowest BCUT2D eigenvalue weighted by Crippen LogP contribution is -2.18. The average molecular weight is 440 g/mol. The van der Waals surface area contributed by atoms with Crippen LogP contribution in [-0.4, -0.2) is 26.4 Å². The molecule has 2 aromatic carbocycles. The zero-order chi connectivity index (χ0) is 21.7. The van der Waals surface area contributed by atoms with Crippen molar-refractivity contribution < 1.29 is 27.1 Å². The standard InChI is InChI=1S/C19H16F4N4O2S/c1-27-16(10-29-13-8-6-12(20)7-9-13)25-26-18(27)30-11-17(28)24-15-5-3-2-4-14(15)19(21,22)23/h2-9H,10-11H2,1H3,(H,24,28). The number of carbonyl (C=O) groups excluding carboxylic acids is 1. The SMILES string of the molecule is Cn1c(COc2ccc(F)cc2)nnc1SCC(=O)Nc1ccccc1C(F)(F)F. The number of thioether (sulfide) groups is 1. The minimum atomic E-state index is -4.57. The summed E-state index contributed by atoms with van der Waals surface area (Å²) >= 11 is 1.02. The number of aromatic nitrogens is 3. The first-order valence-electron chi connectivity index (χ1n) is 8.59. The molecule has 0 spiro atoms. The van der Waals surface area contributed by atoms with Gasteiger partial charge >= 0.3 is 6.18 Å². The van der Waals surface area contributed by atoms with E-state index >= 15 is 0 Å². The van der Waals surface area contributed by atoms with Crippen molar-refractivity contribution >= 4 is 23.4 Å². The van der Waals surface area contributed by atoms with Crippen molar-refractivity contribution in [2.75, 3.05) is 11.1 Å². The van der Waals surface area contributed by atoms with Gasteiger partial charge in [0, 0.05) is 7.05 Å². The molecule has 0 atom stereocenters. The van der Waals surface area contributed by atoms with Gasteiger partial charge in [-0.15, -0.1) is 10.2 Å². The fourth-order valence-electron chi connectivity index (χ4n) is 2.43. The molecule has 0 saturated heterocycles. The van der Waals surface area contributed by atoms with E-state index in [4.69, 9.17) is 4.74 Å². The van der Waals surface area contributed by atoms with Gasteiger partial charge in [0.2, 0.25) is 5.91 Å². The van der Waals surface area contributed by atoms with E-state index in [0.717, 1.165) is 17.8 Å². The summed E-state index contributed by atoms with van der Waals surface area (Å²) in [6.45, 7) is 0.0703. The number of nitrogens with one attached hydrogen (secondary N) is 1. The summed E-state index contributed by atoms with van der Waals surface area (Å²) in [6.07, 6.45) is -4.57. The monoisotopic (exact) mass is 440 g/mol. The molecule has 3 aromatic rings. The third-order valence-corrected chi connectivity index (χ3v) is 4.97. The van der Waals surface area contributed by atoms with E-state index in [0.29, 0.717) is 16.7 Å². The maximum absolute atomic E-state index is 13.0. The van der Waals surface area contributed by atoms with Crippen LogP contribution in [0.25, 0.3) is 0 Å². The summed E-state index contributed by atoms with van der Waals surface area (Å²) in [6, 6.07) is 10.2. The molecule has 158 valence electrons. The lowest BCUT2D eigenvalue weighted by Gasteiger charge is -2.13. The van der Waals surface area contributed by atoms with Crippen LogP contribution in [0.15, 0.2) is 53.7 Å². The van der Waals surface area contributed by atoms with E-state index in [-0.39, 0.29) is 23.9 Å². The lowest BCUT2D eigenvalue weighted by atomic mass is 10.1. The van der Waals surface area contributed by atoms with Gasteiger partial charge in [0.15, 0.2) is 11.0 Å². The molecule has 0 aliphatic rings. The highest BCUT2D eigenvalue weighted by Crippen LogP contribution is 2.34. The molecule has 0 aliphatic heterocycles. The topological polar surface area (TPSA) is 69.0 Å². The summed E-state index contributed by atoms with van der Waals surface area (Å²) in [5, 5.41) is 10.6. The minimum Gasteiger partial charge on any atom is -0.486 e. The van der Waals surface area contributed by atoms with Crippen LogP contribution >= 0.6 is 11.8 Å². The predicted octanol–water partition coefficient (Wildman–Crippen LogP) is 4.28. The highest BCUT2D eigenvalue weighted by molar-refractivity contribution is 7.99. The molecule has 1 amide bonds. The van der Waals surface area contributed by atoms with Crippen LogP contribution in [0.5, 0.6) is 5.75 Å². The number of amides is 1. The van der Waals surface area contributed by atoms with Crippen LogP contribution in [0.3, 0.4) is 0 Å². The van der Waals surface area contributed by atoms with Gasteiger partial charge in [-0.2, -0.15) is 13.2 Å². The normalized spacial score (nSPS) is 11.4. The Hall–Kier alpha value is -3.08. The molecule has 0 saturated carbocycles. The van der Waals surface area contributed by atoms with Crippen molar-refractivity contribution in [2.45, 2.75) is 17.9 Å². The fraction of sp³-hybridized carbons (Fsp3) is 0.211. The van der Waals surface area contributed by atoms with E-state index in [1.54, 1.807) is 11.6 Å². The van der Waals surface area contributed by atoms with Crippen LogP contribution in [0.2, 0.25) is 0 Å². The number of ether oxygens (including phenoxy) is 1. The number of benzene rings is 2. The Labute approximate surface area is 173 Å². The molecule has 6 nitrogen and oxygen atoms in total. The van der Waals surface area contributed by atoms with Crippen molar-refractivity contribution in [1.82, 2.24) is 14.8 Å². The highest BCUT2D eigenvalue weighted by atomic mass is 32.2. The third-order valence-electron chi connectivity index (χ3n) is 3.95. The van der Waals surface area contributed by atoms with Crippen molar-refractivity contribution in [3.63, 3.8) is 0 Å². The Morgan fingerprint density at radius 1 is 1.13 bits per heavy atom. The van der Waals surface area contributed by atoms with Crippen LogP contribution in [0, 0.1) is 5.82 Å². The number of para-hydroxylation sites is 1. The van der Waals surface area contributed by atoms with Gasteiger partial charge in [0.1, 0.15) is 18.2 Å².